The van der Waals surface area contributed by atoms with Crippen molar-refractivity contribution in [1.29, 1.82) is 0 Å². The number of imidazole rings is 1. The Kier molecular flexibility index (Phi) is 5.01. The number of para-hydroxylation sites is 2. The summed E-state index contributed by atoms with van der Waals surface area (Å²) in [4.78, 5) is 17.8. The van der Waals surface area contributed by atoms with Crippen molar-refractivity contribution >= 4 is 23.0 Å². The second-order valence-corrected chi connectivity index (χ2v) is 7.32. The highest BCUT2D eigenvalue weighted by Gasteiger charge is 2.35. The Balaban J connectivity index is 1.89. The number of nitrogens with zero attached hydrogens (tertiary/aromatic N) is 2. The van der Waals surface area contributed by atoms with Gasteiger partial charge >= 0.3 is 5.97 Å². The highest BCUT2D eigenvalue weighted by atomic mass is 16.5. The number of benzene rings is 2. The molecule has 0 saturated carbocycles. The van der Waals surface area contributed by atoms with Crippen LogP contribution in [0.3, 0.4) is 0 Å². The summed E-state index contributed by atoms with van der Waals surface area (Å²) in [7, 11) is 0. The van der Waals surface area contributed by atoms with Crippen molar-refractivity contribution in [2.24, 2.45) is 0 Å². The number of aromatic nitrogens is 2. The molecule has 0 saturated heterocycles. The minimum absolute atomic E-state index is 0.204. The van der Waals surface area contributed by atoms with E-state index in [1.165, 1.54) is 0 Å². The van der Waals surface area contributed by atoms with E-state index in [-0.39, 0.29) is 18.1 Å². The van der Waals surface area contributed by atoms with Crippen LogP contribution < -0.4 is 10.1 Å². The summed E-state index contributed by atoms with van der Waals surface area (Å²) in [6.07, 6.45) is -0.204. The average molecular weight is 391 g/mol. The number of allylic oxidation sites excluding steroid dienone is 1. The van der Waals surface area contributed by atoms with Crippen LogP contribution >= 0.6 is 0 Å². The quantitative estimate of drug-likeness (QED) is 0.640. The molecule has 1 unspecified atom stereocenters. The van der Waals surface area contributed by atoms with E-state index < -0.39 is 0 Å². The molecule has 0 aliphatic carbocycles. The summed E-state index contributed by atoms with van der Waals surface area (Å²) in [5.74, 6) is 1.18. The lowest BCUT2D eigenvalue weighted by Gasteiger charge is -2.30. The normalized spacial score (nSPS) is 16.0. The molecule has 0 spiro atoms. The molecule has 2 heterocycles. The molecule has 0 radical (unpaired) electrons. The Morgan fingerprint density at radius 2 is 1.90 bits per heavy atom. The molecule has 0 fully saturated rings. The van der Waals surface area contributed by atoms with Crippen molar-refractivity contribution in [1.82, 2.24) is 9.55 Å². The molecule has 6 nitrogen and oxygen atoms in total. The van der Waals surface area contributed by atoms with Crippen LogP contribution in [0.1, 0.15) is 39.3 Å². The summed E-state index contributed by atoms with van der Waals surface area (Å²) in [6.45, 7) is 8.16. The van der Waals surface area contributed by atoms with Gasteiger partial charge in [-0.1, -0.05) is 24.3 Å². The SMILES string of the molecule is CCOc1ccc(C2C(C(=O)OC(C)C)=C(C)Nc3nc4ccccc4n32)cc1. The van der Waals surface area contributed by atoms with Crippen LogP contribution in [0, 0.1) is 0 Å². The summed E-state index contributed by atoms with van der Waals surface area (Å²) in [6, 6.07) is 15.4. The molecular weight excluding hydrogens is 366 g/mol. The number of esters is 1. The summed E-state index contributed by atoms with van der Waals surface area (Å²) >= 11 is 0. The summed E-state index contributed by atoms with van der Waals surface area (Å²) in [5, 5.41) is 3.29. The van der Waals surface area contributed by atoms with Gasteiger partial charge in [-0.25, -0.2) is 9.78 Å². The number of ether oxygens (including phenoxy) is 2. The van der Waals surface area contributed by atoms with E-state index in [0.717, 1.165) is 28.0 Å². The van der Waals surface area contributed by atoms with Crippen LogP contribution in [0.15, 0.2) is 59.8 Å². The molecule has 1 N–H and O–H groups in total. The van der Waals surface area contributed by atoms with E-state index in [4.69, 9.17) is 14.5 Å². The average Bonchev–Trinajstić information content (AvgIpc) is 3.05. The van der Waals surface area contributed by atoms with Gasteiger partial charge in [-0.2, -0.15) is 0 Å². The van der Waals surface area contributed by atoms with Gasteiger partial charge < -0.3 is 14.8 Å². The Bertz CT molecular complexity index is 1080. The molecule has 1 aliphatic heterocycles. The van der Waals surface area contributed by atoms with Gasteiger partial charge in [0.1, 0.15) is 5.75 Å². The Morgan fingerprint density at radius 3 is 2.59 bits per heavy atom. The fourth-order valence-electron chi connectivity index (χ4n) is 3.73. The first-order valence-electron chi connectivity index (χ1n) is 9.88. The molecule has 3 aromatic rings. The molecule has 6 heteroatoms. The smallest absolute Gasteiger partial charge is 0.338 e. The lowest BCUT2D eigenvalue weighted by atomic mass is 9.95. The second kappa shape index (κ2) is 7.62. The lowest BCUT2D eigenvalue weighted by Crippen LogP contribution is -2.29. The van der Waals surface area contributed by atoms with Crippen molar-refractivity contribution in [3.8, 4) is 5.75 Å². The molecule has 1 aromatic heterocycles. The maximum absolute atomic E-state index is 13.1. The maximum atomic E-state index is 13.1. The standard InChI is InChI=1S/C23H25N3O3/c1-5-28-17-12-10-16(11-13-17)21-20(22(27)29-14(2)3)15(4)24-23-25-18-8-6-7-9-19(18)26(21)23/h6-14,21H,5H2,1-4H3,(H,24,25). The van der Waals surface area contributed by atoms with Gasteiger partial charge in [-0.15, -0.1) is 0 Å². The van der Waals surface area contributed by atoms with Crippen LogP contribution in [0.25, 0.3) is 11.0 Å². The first kappa shape index (κ1) is 19.1. The molecular formula is C23H25N3O3. The number of carbonyl (C=O) groups is 1. The largest absolute Gasteiger partial charge is 0.494 e. The third kappa shape index (κ3) is 3.46. The zero-order valence-electron chi connectivity index (χ0n) is 17.1. The topological polar surface area (TPSA) is 65.4 Å². The number of hydrogen-bond donors (Lipinski definition) is 1. The first-order valence-corrected chi connectivity index (χ1v) is 9.88. The number of carbonyl (C=O) groups excluding carboxylic acids is 1. The van der Waals surface area contributed by atoms with E-state index in [1.807, 2.05) is 76.2 Å². The number of nitrogens with one attached hydrogen (secondary N) is 1. The molecule has 1 aliphatic rings. The van der Waals surface area contributed by atoms with Crippen molar-refractivity contribution in [2.45, 2.75) is 39.8 Å². The fraction of sp³-hybridized carbons (Fsp3) is 0.304. The minimum atomic E-state index is -0.347. The van der Waals surface area contributed by atoms with Crippen molar-refractivity contribution in [2.75, 3.05) is 11.9 Å². The van der Waals surface area contributed by atoms with Crippen LogP contribution in [0.5, 0.6) is 5.75 Å². The van der Waals surface area contributed by atoms with Gasteiger partial charge in [-0.3, -0.25) is 4.57 Å². The minimum Gasteiger partial charge on any atom is -0.494 e. The van der Waals surface area contributed by atoms with Crippen molar-refractivity contribution in [3.63, 3.8) is 0 Å². The molecule has 150 valence electrons. The molecule has 1 atom stereocenters. The van der Waals surface area contributed by atoms with E-state index in [0.29, 0.717) is 18.1 Å². The maximum Gasteiger partial charge on any atom is 0.338 e. The van der Waals surface area contributed by atoms with Crippen LogP contribution in [-0.4, -0.2) is 28.2 Å². The Morgan fingerprint density at radius 1 is 1.17 bits per heavy atom. The zero-order chi connectivity index (χ0) is 20.5. The first-order chi connectivity index (χ1) is 14.0. The van der Waals surface area contributed by atoms with Crippen molar-refractivity contribution in [3.05, 3.63) is 65.4 Å². The van der Waals surface area contributed by atoms with E-state index >= 15 is 0 Å². The fourth-order valence-corrected chi connectivity index (χ4v) is 3.73. The Labute approximate surface area is 170 Å². The van der Waals surface area contributed by atoms with Gasteiger partial charge in [0, 0.05) is 5.70 Å². The van der Waals surface area contributed by atoms with E-state index in [9.17, 15) is 4.79 Å². The molecule has 29 heavy (non-hydrogen) atoms. The predicted molar refractivity (Wildman–Crippen MR) is 113 cm³/mol. The van der Waals surface area contributed by atoms with Crippen LogP contribution in [0.2, 0.25) is 0 Å². The van der Waals surface area contributed by atoms with Crippen LogP contribution in [0.4, 0.5) is 5.95 Å². The third-order valence-electron chi connectivity index (χ3n) is 4.90. The van der Waals surface area contributed by atoms with E-state index in [2.05, 4.69) is 9.88 Å². The lowest BCUT2D eigenvalue weighted by molar-refractivity contribution is -0.143. The number of rotatable bonds is 5. The Hall–Kier alpha value is -3.28. The molecule has 4 rings (SSSR count). The monoisotopic (exact) mass is 391 g/mol. The van der Waals surface area contributed by atoms with E-state index in [1.54, 1.807) is 0 Å². The summed E-state index contributed by atoms with van der Waals surface area (Å²) in [5.41, 5.74) is 4.12. The molecule has 0 amide bonds. The zero-order valence-corrected chi connectivity index (χ0v) is 17.1. The number of fused-ring (bicyclic) bond motifs is 3. The predicted octanol–water partition coefficient (Wildman–Crippen LogP) is 4.68. The van der Waals surface area contributed by atoms with Gasteiger partial charge in [0.05, 0.1) is 35.4 Å². The van der Waals surface area contributed by atoms with Gasteiger partial charge in [0.15, 0.2) is 0 Å². The van der Waals surface area contributed by atoms with Gasteiger partial charge in [-0.05, 0) is 57.5 Å². The molecule has 0 bridgehead atoms. The summed E-state index contributed by atoms with van der Waals surface area (Å²) < 4.78 is 13.2. The number of hydrogen-bond acceptors (Lipinski definition) is 5. The van der Waals surface area contributed by atoms with Gasteiger partial charge in [0.2, 0.25) is 5.95 Å². The van der Waals surface area contributed by atoms with Gasteiger partial charge in [0.25, 0.3) is 0 Å². The second-order valence-electron chi connectivity index (χ2n) is 7.32. The number of anilines is 1. The highest BCUT2D eigenvalue weighted by molar-refractivity contribution is 5.94. The van der Waals surface area contributed by atoms with Crippen LogP contribution in [-0.2, 0) is 9.53 Å². The van der Waals surface area contributed by atoms with Crippen molar-refractivity contribution < 1.29 is 14.3 Å². The third-order valence-corrected chi connectivity index (χ3v) is 4.90. The molecule has 2 aromatic carbocycles. The highest BCUT2D eigenvalue weighted by Crippen LogP contribution is 2.40.